The second kappa shape index (κ2) is 8.04. The van der Waals surface area contributed by atoms with Gasteiger partial charge in [0.2, 0.25) is 0 Å². The first-order chi connectivity index (χ1) is 14.4. The van der Waals surface area contributed by atoms with Gasteiger partial charge in [-0.15, -0.1) is 0 Å². The summed E-state index contributed by atoms with van der Waals surface area (Å²) < 4.78 is 38.0. The Balaban J connectivity index is 1.45. The molecule has 3 saturated carbocycles. The number of fused-ring (bicyclic) bond motifs is 5. The van der Waals surface area contributed by atoms with Crippen LogP contribution < -0.4 is 0 Å². The Morgan fingerprint density at radius 2 is 1.84 bits per heavy atom. The van der Waals surface area contributed by atoms with Gasteiger partial charge in [-0.05, 0) is 105 Å². The van der Waals surface area contributed by atoms with Crippen molar-refractivity contribution in [3.05, 3.63) is 11.6 Å². The predicted octanol–water partition coefficient (Wildman–Crippen LogP) is 6.80. The normalized spacial score (nSPS) is 46.0. The summed E-state index contributed by atoms with van der Waals surface area (Å²) in [5.74, 6) is 2.49. The molecule has 31 heavy (non-hydrogen) atoms. The maximum absolute atomic E-state index is 12.7. The molecule has 178 valence electrons. The number of hydrogen-bond acceptors (Lipinski definition) is 2. The number of rotatable bonds is 5. The fourth-order valence-corrected chi connectivity index (χ4v) is 8.32. The van der Waals surface area contributed by atoms with Crippen LogP contribution in [0.15, 0.2) is 11.6 Å². The molecule has 0 spiro atoms. The highest BCUT2D eigenvalue weighted by molar-refractivity contribution is 5.27. The van der Waals surface area contributed by atoms with Crippen molar-refractivity contribution in [1.82, 2.24) is 0 Å². The second-order valence-corrected chi connectivity index (χ2v) is 11.8. The van der Waals surface area contributed by atoms with Crippen LogP contribution in [0, 0.1) is 34.5 Å². The van der Waals surface area contributed by atoms with Crippen LogP contribution in [0.3, 0.4) is 0 Å². The van der Waals surface area contributed by atoms with Gasteiger partial charge < -0.3 is 10.2 Å². The van der Waals surface area contributed by atoms with Gasteiger partial charge in [-0.25, -0.2) is 0 Å². The molecule has 0 radical (unpaired) electrons. The van der Waals surface area contributed by atoms with Gasteiger partial charge in [0.15, 0.2) is 0 Å². The number of alkyl halides is 3. The van der Waals surface area contributed by atoms with Gasteiger partial charge in [0.1, 0.15) is 6.10 Å². The lowest BCUT2D eigenvalue weighted by molar-refractivity contribution is -0.205. The maximum Gasteiger partial charge on any atom is 0.414 e. The first kappa shape index (κ1) is 23.6. The maximum atomic E-state index is 12.7. The Hall–Kier alpha value is -0.550. The van der Waals surface area contributed by atoms with E-state index >= 15 is 0 Å². The lowest BCUT2D eigenvalue weighted by Gasteiger charge is -2.59. The molecule has 0 aromatic rings. The quantitative estimate of drug-likeness (QED) is 0.460. The van der Waals surface area contributed by atoms with Crippen molar-refractivity contribution in [1.29, 1.82) is 0 Å². The first-order valence-corrected chi connectivity index (χ1v) is 12.6. The zero-order chi connectivity index (χ0) is 22.7. The van der Waals surface area contributed by atoms with Crippen LogP contribution in [0.25, 0.3) is 0 Å². The summed E-state index contributed by atoms with van der Waals surface area (Å²) in [5, 5.41) is 20.3. The van der Waals surface area contributed by atoms with E-state index in [1.54, 1.807) is 0 Å². The smallest absolute Gasteiger partial charge is 0.390 e. The highest BCUT2D eigenvalue weighted by atomic mass is 19.4. The molecule has 0 saturated heterocycles. The average molecular weight is 443 g/mol. The summed E-state index contributed by atoms with van der Waals surface area (Å²) in [6, 6.07) is 0. The van der Waals surface area contributed by atoms with Gasteiger partial charge >= 0.3 is 6.18 Å². The van der Waals surface area contributed by atoms with E-state index in [9.17, 15) is 23.4 Å². The van der Waals surface area contributed by atoms with Crippen molar-refractivity contribution in [2.24, 2.45) is 34.5 Å². The third kappa shape index (κ3) is 4.00. The van der Waals surface area contributed by atoms with Crippen LogP contribution in [0.2, 0.25) is 0 Å². The molecule has 0 aliphatic heterocycles. The van der Waals surface area contributed by atoms with E-state index in [4.69, 9.17) is 0 Å². The van der Waals surface area contributed by atoms with E-state index in [2.05, 4.69) is 26.8 Å². The highest BCUT2D eigenvalue weighted by Crippen LogP contribution is 2.67. The van der Waals surface area contributed by atoms with Crippen molar-refractivity contribution in [3.63, 3.8) is 0 Å². The molecule has 4 aliphatic carbocycles. The number of hydrogen-bond donors (Lipinski definition) is 2. The Morgan fingerprint density at radius 1 is 1.10 bits per heavy atom. The third-order valence-corrected chi connectivity index (χ3v) is 10.5. The molecule has 0 bridgehead atoms. The molecule has 2 nitrogen and oxygen atoms in total. The second-order valence-electron chi connectivity index (χ2n) is 11.8. The number of aliphatic hydroxyl groups is 2. The van der Waals surface area contributed by atoms with Crippen LogP contribution >= 0.6 is 0 Å². The van der Waals surface area contributed by atoms with E-state index in [0.29, 0.717) is 30.1 Å². The first-order valence-electron chi connectivity index (χ1n) is 12.6. The van der Waals surface area contributed by atoms with E-state index < -0.39 is 17.9 Å². The van der Waals surface area contributed by atoms with Crippen molar-refractivity contribution in [2.45, 2.75) is 116 Å². The number of halogens is 3. The monoisotopic (exact) mass is 442 g/mol. The van der Waals surface area contributed by atoms with Crippen molar-refractivity contribution in [3.8, 4) is 0 Å². The Kier molecular flexibility index (Phi) is 6.12. The third-order valence-electron chi connectivity index (χ3n) is 10.5. The summed E-state index contributed by atoms with van der Waals surface area (Å²) in [6.07, 6.45) is 6.30. The largest absolute Gasteiger partial charge is 0.414 e. The molecule has 0 heterocycles. The number of allylic oxidation sites excluding steroid dienone is 1. The Labute approximate surface area is 185 Å². The average Bonchev–Trinajstić information content (AvgIpc) is 3.04. The molecule has 0 aromatic heterocycles. The molecule has 4 aliphatic rings. The van der Waals surface area contributed by atoms with E-state index in [1.165, 1.54) is 24.8 Å². The lowest BCUT2D eigenvalue weighted by atomic mass is 9.46. The van der Waals surface area contributed by atoms with E-state index in [1.807, 2.05) is 0 Å². The van der Waals surface area contributed by atoms with Crippen LogP contribution in [-0.2, 0) is 0 Å². The summed E-state index contributed by atoms with van der Waals surface area (Å²) in [6.45, 7) is 6.94. The minimum absolute atomic E-state index is 0.169. The van der Waals surface area contributed by atoms with Gasteiger partial charge in [-0.1, -0.05) is 38.8 Å². The summed E-state index contributed by atoms with van der Waals surface area (Å²) in [5.41, 5.74) is 1.40. The molecule has 4 rings (SSSR count). The molecule has 3 fully saturated rings. The fraction of sp³-hybridized carbons (Fsp3) is 0.923. The zero-order valence-corrected chi connectivity index (χ0v) is 19.5. The molecule has 8 atom stereocenters. The zero-order valence-electron chi connectivity index (χ0n) is 19.5. The van der Waals surface area contributed by atoms with Crippen molar-refractivity contribution in [2.75, 3.05) is 0 Å². The van der Waals surface area contributed by atoms with Gasteiger partial charge in [0, 0.05) is 0 Å². The van der Waals surface area contributed by atoms with Crippen LogP contribution in [-0.4, -0.2) is 28.1 Å². The standard InChI is InChI=1S/C26H41F3O2/c1-4-25(31)15-14-24(3)18(16-25)8-10-19-20-11-9-17(23(20,2)13-12-21(19)24)6-5-7-22(30)26(27,28)29/h8,17,19-22,30-31H,4-7,9-16H2,1-3H3/t17-,19-,20-,21-,22-,23+,24-,25-/m0/s1. The van der Waals surface area contributed by atoms with Gasteiger partial charge in [0.05, 0.1) is 5.60 Å². The van der Waals surface area contributed by atoms with Gasteiger partial charge in [0.25, 0.3) is 0 Å². The fourth-order valence-electron chi connectivity index (χ4n) is 8.32. The molecule has 0 amide bonds. The van der Waals surface area contributed by atoms with Crippen molar-refractivity contribution < 1.29 is 23.4 Å². The molecule has 0 aromatic carbocycles. The summed E-state index contributed by atoms with van der Waals surface area (Å²) in [7, 11) is 0. The Bertz CT molecular complexity index is 703. The molecule has 5 heteroatoms. The topological polar surface area (TPSA) is 40.5 Å². The number of aliphatic hydroxyl groups excluding tert-OH is 1. The SMILES string of the molecule is CC[C@]1(O)CC[C@@]2(C)C(=CC[C@H]3[C@@H]4CC[C@H](CCC[C@H](O)C(F)(F)F)[C@@]4(C)CC[C@@H]32)C1. The van der Waals surface area contributed by atoms with Crippen LogP contribution in [0.4, 0.5) is 13.2 Å². The molecular weight excluding hydrogens is 401 g/mol. The highest BCUT2D eigenvalue weighted by Gasteiger charge is 2.59. The molecule has 0 unspecified atom stereocenters. The van der Waals surface area contributed by atoms with Gasteiger partial charge in [-0.2, -0.15) is 13.2 Å². The summed E-state index contributed by atoms with van der Waals surface area (Å²) in [4.78, 5) is 0. The van der Waals surface area contributed by atoms with E-state index in [-0.39, 0.29) is 17.3 Å². The minimum Gasteiger partial charge on any atom is -0.390 e. The van der Waals surface area contributed by atoms with Crippen LogP contribution in [0.5, 0.6) is 0 Å². The van der Waals surface area contributed by atoms with Gasteiger partial charge in [-0.3, -0.25) is 0 Å². The lowest BCUT2D eigenvalue weighted by Crippen LogP contribution is -2.52. The predicted molar refractivity (Wildman–Crippen MR) is 116 cm³/mol. The van der Waals surface area contributed by atoms with E-state index in [0.717, 1.165) is 44.9 Å². The van der Waals surface area contributed by atoms with Crippen molar-refractivity contribution >= 4 is 0 Å². The molecular formula is C26H41F3O2. The van der Waals surface area contributed by atoms with Crippen LogP contribution in [0.1, 0.15) is 97.8 Å². The Morgan fingerprint density at radius 3 is 2.52 bits per heavy atom. The summed E-state index contributed by atoms with van der Waals surface area (Å²) >= 11 is 0. The molecule has 2 N–H and O–H groups in total. The minimum atomic E-state index is -4.49.